The highest BCUT2D eigenvalue weighted by molar-refractivity contribution is 6.03. The van der Waals surface area contributed by atoms with Crippen molar-refractivity contribution in [3.63, 3.8) is 0 Å². The van der Waals surface area contributed by atoms with E-state index in [4.69, 9.17) is 0 Å². The lowest BCUT2D eigenvalue weighted by atomic mass is 10.00. The maximum absolute atomic E-state index is 12.7. The number of benzene rings is 1. The van der Waals surface area contributed by atoms with E-state index in [-0.39, 0.29) is 11.8 Å². The lowest BCUT2D eigenvalue weighted by Crippen LogP contribution is -2.40. The zero-order chi connectivity index (χ0) is 20.1. The monoisotopic (exact) mass is 381 g/mol. The summed E-state index contributed by atoms with van der Waals surface area (Å²) < 4.78 is 0. The molecule has 1 aromatic carbocycles. The molecule has 148 valence electrons. The van der Waals surface area contributed by atoms with Gasteiger partial charge in [-0.15, -0.1) is 0 Å². The Bertz CT molecular complexity index is 850. The van der Waals surface area contributed by atoms with Crippen molar-refractivity contribution in [1.82, 2.24) is 9.97 Å². The first-order chi connectivity index (χ1) is 13.5. The highest BCUT2D eigenvalue weighted by Crippen LogP contribution is 2.25. The van der Waals surface area contributed by atoms with Gasteiger partial charge < -0.3 is 15.5 Å². The third kappa shape index (κ3) is 4.85. The first-order valence-corrected chi connectivity index (χ1v) is 9.77. The van der Waals surface area contributed by atoms with Crippen LogP contribution in [0, 0.1) is 6.92 Å². The van der Waals surface area contributed by atoms with Crippen LogP contribution in [0.1, 0.15) is 55.8 Å². The van der Waals surface area contributed by atoms with Crippen LogP contribution in [0.25, 0.3) is 0 Å². The van der Waals surface area contributed by atoms with Crippen molar-refractivity contribution in [2.75, 3.05) is 22.1 Å². The van der Waals surface area contributed by atoms with Gasteiger partial charge in [-0.1, -0.05) is 6.92 Å². The number of hydrogen-bond acceptors (Lipinski definition) is 5. The van der Waals surface area contributed by atoms with Crippen molar-refractivity contribution in [3.8, 4) is 0 Å². The van der Waals surface area contributed by atoms with Gasteiger partial charge in [0, 0.05) is 37.0 Å². The molecule has 1 aliphatic rings. The summed E-state index contributed by atoms with van der Waals surface area (Å²) in [5.41, 5.74) is 1.68. The van der Waals surface area contributed by atoms with Crippen LogP contribution in [0.5, 0.6) is 0 Å². The number of carbonyl (C=O) groups excluding carboxylic acids is 2. The zero-order valence-electron chi connectivity index (χ0n) is 16.7. The lowest BCUT2D eigenvalue weighted by molar-refractivity contribution is -0.114. The topological polar surface area (TPSA) is 87.2 Å². The molecule has 0 bridgehead atoms. The first-order valence-electron chi connectivity index (χ1n) is 9.77. The fourth-order valence-electron chi connectivity index (χ4n) is 3.58. The molecule has 1 saturated heterocycles. The molecular weight excluding hydrogens is 354 g/mol. The van der Waals surface area contributed by atoms with Crippen molar-refractivity contribution in [2.24, 2.45) is 0 Å². The molecule has 2 amide bonds. The van der Waals surface area contributed by atoms with E-state index < -0.39 is 0 Å². The second kappa shape index (κ2) is 8.82. The van der Waals surface area contributed by atoms with E-state index in [1.54, 1.807) is 30.3 Å². The molecule has 2 heterocycles. The Morgan fingerprint density at radius 1 is 1.11 bits per heavy atom. The summed E-state index contributed by atoms with van der Waals surface area (Å²) in [4.78, 5) is 35.0. The van der Waals surface area contributed by atoms with Crippen molar-refractivity contribution in [2.45, 2.75) is 52.5 Å². The molecule has 1 aromatic heterocycles. The van der Waals surface area contributed by atoms with E-state index in [0.29, 0.717) is 28.9 Å². The Balaban J connectivity index is 1.76. The quantitative estimate of drug-likeness (QED) is 0.823. The summed E-state index contributed by atoms with van der Waals surface area (Å²) >= 11 is 0. The predicted molar refractivity (Wildman–Crippen MR) is 111 cm³/mol. The Kier molecular flexibility index (Phi) is 6.23. The molecule has 0 radical (unpaired) electrons. The van der Waals surface area contributed by atoms with E-state index in [2.05, 4.69) is 32.4 Å². The molecule has 1 atom stereocenters. The Morgan fingerprint density at radius 3 is 2.43 bits per heavy atom. The second-order valence-electron chi connectivity index (χ2n) is 7.12. The van der Waals surface area contributed by atoms with Gasteiger partial charge in [0.15, 0.2) is 0 Å². The number of nitrogens with one attached hydrogen (secondary N) is 2. The van der Waals surface area contributed by atoms with Crippen LogP contribution in [-0.2, 0) is 4.79 Å². The fourth-order valence-corrected chi connectivity index (χ4v) is 3.58. The average molecular weight is 381 g/mol. The highest BCUT2D eigenvalue weighted by atomic mass is 16.2. The van der Waals surface area contributed by atoms with Gasteiger partial charge in [0.25, 0.3) is 5.91 Å². The fraction of sp³-hybridized carbons (Fsp3) is 0.429. The molecule has 7 heteroatoms. The van der Waals surface area contributed by atoms with Gasteiger partial charge in [-0.3, -0.25) is 9.59 Å². The van der Waals surface area contributed by atoms with Gasteiger partial charge in [0.2, 0.25) is 5.91 Å². The highest BCUT2D eigenvalue weighted by Gasteiger charge is 2.23. The largest absolute Gasteiger partial charge is 0.354 e. The van der Waals surface area contributed by atoms with E-state index >= 15 is 0 Å². The molecular formula is C21H27N5O2. The first kappa shape index (κ1) is 19.8. The molecule has 0 aliphatic carbocycles. The van der Waals surface area contributed by atoms with Gasteiger partial charge >= 0.3 is 0 Å². The van der Waals surface area contributed by atoms with Crippen molar-refractivity contribution in [1.29, 1.82) is 0 Å². The lowest BCUT2D eigenvalue weighted by Gasteiger charge is -2.36. The van der Waals surface area contributed by atoms with Crippen LogP contribution in [0.4, 0.5) is 17.2 Å². The van der Waals surface area contributed by atoms with Crippen molar-refractivity contribution >= 4 is 29.0 Å². The molecule has 2 aromatic rings. The number of amides is 2. The van der Waals surface area contributed by atoms with Gasteiger partial charge in [-0.25, -0.2) is 9.97 Å². The summed E-state index contributed by atoms with van der Waals surface area (Å²) in [7, 11) is 0. The Labute approximate surface area is 165 Å². The molecule has 28 heavy (non-hydrogen) atoms. The van der Waals surface area contributed by atoms with Crippen LogP contribution in [0.2, 0.25) is 0 Å². The van der Waals surface area contributed by atoms with Crippen LogP contribution in [0.15, 0.2) is 30.3 Å². The van der Waals surface area contributed by atoms with E-state index in [0.717, 1.165) is 31.6 Å². The number of carbonyl (C=O) groups is 2. The molecule has 1 unspecified atom stereocenters. The number of anilines is 3. The van der Waals surface area contributed by atoms with Gasteiger partial charge in [-0.05, 0) is 56.9 Å². The standard InChI is InChI=1S/C21H27N5O2/c1-4-18-7-5-6-12-26(18)20-13-19(22-14(2)23-20)21(28)25-17-10-8-16(9-11-17)24-15(3)27/h8-11,13,18H,4-7,12H2,1-3H3,(H,24,27)(H,25,28). The van der Waals surface area contributed by atoms with Gasteiger partial charge in [0.1, 0.15) is 17.3 Å². The second-order valence-corrected chi connectivity index (χ2v) is 7.12. The summed E-state index contributed by atoms with van der Waals surface area (Å²) in [5.74, 6) is 1.00. The number of aromatic nitrogens is 2. The number of hydrogen-bond donors (Lipinski definition) is 2. The number of aryl methyl sites for hydroxylation is 1. The molecule has 7 nitrogen and oxygen atoms in total. The molecule has 0 spiro atoms. The Morgan fingerprint density at radius 2 is 1.79 bits per heavy atom. The summed E-state index contributed by atoms with van der Waals surface area (Å²) in [6.07, 6.45) is 4.59. The normalized spacial score (nSPS) is 16.5. The summed E-state index contributed by atoms with van der Waals surface area (Å²) in [6.45, 7) is 6.42. The smallest absolute Gasteiger partial charge is 0.274 e. The van der Waals surface area contributed by atoms with E-state index in [1.807, 2.05) is 6.92 Å². The minimum Gasteiger partial charge on any atom is -0.354 e. The van der Waals surface area contributed by atoms with Crippen LogP contribution >= 0.6 is 0 Å². The molecule has 0 saturated carbocycles. The zero-order valence-corrected chi connectivity index (χ0v) is 16.7. The van der Waals surface area contributed by atoms with Crippen LogP contribution in [0.3, 0.4) is 0 Å². The Hall–Kier alpha value is -2.96. The van der Waals surface area contributed by atoms with E-state index in [1.165, 1.54) is 13.3 Å². The number of rotatable bonds is 5. The van der Waals surface area contributed by atoms with Gasteiger partial charge in [-0.2, -0.15) is 0 Å². The maximum atomic E-state index is 12.7. The SMILES string of the molecule is CCC1CCCCN1c1cc(C(=O)Nc2ccc(NC(C)=O)cc2)nc(C)n1. The molecule has 1 aliphatic heterocycles. The summed E-state index contributed by atoms with van der Waals surface area (Å²) in [6, 6.07) is 9.22. The maximum Gasteiger partial charge on any atom is 0.274 e. The van der Waals surface area contributed by atoms with Crippen LogP contribution in [-0.4, -0.2) is 34.4 Å². The number of nitrogens with zero attached hydrogens (tertiary/aromatic N) is 3. The van der Waals surface area contributed by atoms with Crippen molar-refractivity contribution < 1.29 is 9.59 Å². The third-order valence-corrected chi connectivity index (χ3v) is 4.91. The van der Waals surface area contributed by atoms with E-state index in [9.17, 15) is 9.59 Å². The molecule has 2 N–H and O–H groups in total. The predicted octanol–water partition coefficient (Wildman–Crippen LogP) is 3.76. The van der Waals surface area contributed by atoms with Crippen LogP contribution < -0.4 is 15.5 Å². The average Bonchev–Trinajstić information content (AvgIpc) is 2.68. The minimum atomic E-state index is -0.274. The van der Waals surface area contributed by atoms with Gasteiger partial charge in [0.05, 0.1) is 0 Å². The minimum absolute atomic E-state index is 0.135. The molecule has 1 fully saturated rings. The molecule has 3 rings (SSSR count). The third-order valence-electron chi connectivity index (χ3n) is 4.91. The number of piperidine rings is 1. The van der Waals surface area contributed by atoms with Crippen molar-refractivity contribution in [3.05, 3.63) is 41.9 Å². The summed E-state index contributed by atoms with van der Waals surface area (Å²) in [5, 5.41) is 5.56.